The van der Waals surface area contributed by atoms with E-state index >= 15 is 14.4 Å². The predicted octanol–water partition coefficient (Wildman–Crippen LogP) is 10.2. The van der Waals surface area contributed by atoms with Gasteiger partial charge in [0.25, 0.3) is 0 Å². The average molecular weight is 849 g/mol. The van der Waals surface area contributed by atoms with Crippen LogP contribution in [0.4, 0.5) is 0 Å². The van der Waals surface area contributed by atoms with Gasteiger partial charge in [0.1, 0.15) is 0 Å². The van der Waals surface area contributed by atoms with E-state index in [4.69, 9.17) is 0 Å². The normalized spacial score (nSPS) is 22.7. The van der Waals surface area contributed by atoms with Gasteiger partial charge >= 0.3 is 0 Å². The summed E-state index contributed by atoms with van der Waals surface area (Å²) in [4.78, 5) is 47.5. The summed E-state index contributed by atoms with van der Waals surface area (Å²) in [5, 5.41) is 29.2. The number of aryl methyl sites for hydroxylation is 2. The zero-order chi connectivity index (χ0) is 44.7. The van der Waals surface area contributed by atoms with E-state index in [1.165, 1.54) is 0 Å². The summed E-state index contributed by atoms with van der Waals surface area (Å²) in [6.07, 6.45) is 21.9. The van der Waals surface area contributed by atoms with Gasteiger partial charge < -0.3 is 20.8 Å². The van der Waals surface area contributed by atoms with E-state index in [-0.39, 0.29) is 43.4 Å². The van der Waals surface area contributed by atoms with Crippen LogP contribution in [-0.2, 0) is 17.6 Å². The largest absolute Gasteiger partial charge is 0.396 e. The minimum atomic E-state index is -1.53. The van der Waals surface area contributed by atoms with Gasteiger partial charge in [0, 0.05) is 59.7 Å². The molecule has 4 unspecified atom stereocenters. The molecule has 0 amide bonds. The summed E-state index contributed by atoms with van der Waals surface area (Å²) in [6.45, 7) is 3.45. The zero-order valence-corrected chi connectivity index (χ0v) is 36.6. The van der Waals surface area contributed by atoms with Crippen molar-refractivity contribution in [3.63, 3.8) is 0 Å². The number of hydrogen-bond acceptors (Lipinski definition) is 7. The lowest BCUT2D eigenvalue weighted by Crippen LogP contribution is -2.53. The first-order valence-electron chi connectivity index (χ1n) is 22.5. The van der Waals surface area contributed by atoms with E-state index in [9.17, 15) is 10.2 Å². The number of benzene rings is 4. The Morgan fingerprint density at radius 1 is 0.562 bits per heavy atom. The fourth-order valence-electron chi connectivity index (χ4n) is 10.3. The highest BCUT2D eigenvalue weighted by Gasteiger charge is 2.58. The molecule has 0 fully saturated rings. The van der Waals surface area contributed by atoms with Crippen molar-refractivity contribution < 1.29 is 24.6 Å². The van der Waals surface area contributed by atoms with Crippen LogP contribution in [0.1, 0.15) is 82.5 Å². The number of Topliss-reactive ketones (excluding diaryl/α,β-unsaturated/α-hetero) is 3. The van der Waals surface area contributed by atoms with Crippen LogP contribution in [-0.4, -0.2) is 40.8 Å². The number of carbonyl (C=O) groups is 3. The minimum Gasteiger partial charge on any atom is -0.396 e. The van der Waals surface area contributed by atoms with Crippen LogP contribution in [0.2, 0.25) is 0 Å². The Morgan fingerprint density at radius 3 is 1.31 bits per heavy atom. The van der Waals surface area contributed by atoms with Crippen LogP contribution in [0.3, 0.4) is 0 Å². The molecule has 4 aromatic carbocycles. The van der Waals surface area contributed by atoms with Crippen molar-refractivity contribution in [3.8, 4) is 0 Å². The molecule has 7 heteroatoms. The molecule has 2 aliphatic carbocycles. The number of ketones is 3. The SMILES string of the molecule is CCc1ccccc1C1=CC(C2=CNC=CC2)C(CCO)(C(=O)C2(CCO)C=C(C(=O)c3ccccc3)C(c3ccccc3CC)=CC2C2=CNC=CC2)C=C1C(=O)c1ccccc1. The molecular formula is C57H56N2O5. The summed E-state index contributed by atoms with van der Waals surface area (Å²) in [5.41, 5.74) is 5.80. The van der Waals surface area contributed by atoms with Gasteiger partial charge in [-0.05, 0) is 95.5 Å². The molecule has 0 spiro atoms. The Bertz CT molecular complexity index is 2500. The summed E-state index contributed by atoms with van der Waals surface area (Å²) >= 11 is 0. The number of allylic oxidation sites excluding steroid dienone is 12. The van der Waals surface area contributed by atoms with Gasteiger partial charge in [-0.2, -0.15) is 0 Å². The van der Waals surface area contributed by atoms with Crippen molar-refractivity contribution in [2.45, 2.75) is 52.4 Å². The third-order valence-electron chi connectivity index (χ3n) is 13.5. The third kappa shape index (κ3) is 8.18. The van der Waals surface area contributed by atoms with Crippen LogP contribution < -0.4 is 10.6 Å². The Morgan fingerprint density at radius 2 is 0.953 bits per heavy atom. The number of aliphatic hydroxyl groups is 2. The predicted molar refractivity (Wildman–Crippen MR) is 256 cm³/mol. The van der Waals surface area contributed by atoms with E-state index in [1.807, 2.05) is 122 Å². The summed E-state index contributed by atoms with van der Waals surface area (Å²) < 4.78 is 0. The van der Waals surface area contributed by atoms with Crippen molar-refractivity contribution in [2.24, 2.45) is 22.7 Å². The van der Waals surface area contributed by atoms with Crippen molar-refractivity contribution in [1.82, 2.24) is 10.6 Å². The lowest BCUT2D eigenvalue weighted by Gasteiger charge is -2.50. The van der Waals surface area contributed by atoms with Gasteiger partial charge in [-0.25, -0.2) is 0 Å². The Labute approximate surface area is 376 Å². The van der Waals surface area contributed by atoms with Crippen LogP contribution in [0, 0.1) is 22.7 Å². The smallest absolute Gasteiger partial charge is 0.193 e. The van der Waals surface area contributed by atoms with Crippen molar-refractivity contribution >= 4 is 28.5 Å². The molecule has 2 aliphatic heterocycles. The molecule has 4 aliphatic rings. The van der Waals surface area contributed by atoms with E-state index in [1.54, 1.807) is 24.3 Å². The molecule has 4 N–H and O–H groups in total. The lowest BCUT2D eigenvalue weighted by atomic mass is 9.51. The number of rotatable bonds is 16. The van der Waals surface area contributed by atoms with Gasteiger partial charge in [0.15, 0.2) is 17.3 Å². The maximum Gasteiger partial charge on any atom is 0.193 e. The van der Waals surface area contributed by atoms with Crippen LogP contribution in [0.15, 0.2) is 193 Å². The average Bonchev–Trinajstić information content (AvgIpc) is 3.36. The quantitative estimate of drug-likeness (QED) is 0.0830. The minimum absolute atomic E-state index is 0.0233. The summed E-state index contributed by atoms with van der Waals surface area (Å²) in [5.74, 6) is -2.04. The van der Waals surface area contributed by atoms with Gasteiger partial charge in [-0.15, -0.1) is 0 Å². The Balaban J connectivity index is 1.45. The molecule has 0 saturated heterocycles. The molecule has 0 radical (unpaired) electrons. The fraction of sp³-hybridized carbons (Fsp3) is 0.246. The van der Waals surface area contributed by atoms with Crippen LogP contribution in [0.5, 0.6) is 0 Å². The first-order chi connectivity index (χ1) is 31.3. The molecule has 7 nitrogen and oxygen atoms in total. The van der Waals surface area contributed by atoms with Crippen LogP contribution in [0.25, 0.3) is 11.1 Å². The van der Waals surface area contributed by atoms with Gasteiger partial charge in [0.05, 0.1) is 10.8 Å². The standard InChI is InChI=1S/C57H56N2O5/c1-3-39-17-11-13-25-45(39)47-33-51(43-23-15-29-58-37-43)56(27-31-60,35-49(47)53(62)41-19-7-5-8-20-41)55(64)57(28-32-61)36-50(54(63)42-21-9-6-10-22-42)48(46-26-14-12-18-40(46)4-2)34-52(57)44-24-16-30-59-38-44/h5-22,25-26,29-30,33-38,51-52,58-61H,3-4,23-24,27-28,31-32H2,1-2H3. The fourth-order valence-corrected chi connectivity index (χ4v) is 10.3. The highest BCUT2D eigenvalue weighted by atomic mass is 16.3. The maximum atomic E-state index is 17.1. The zero-order valence-electron chi connectivity index (χ0n) is 36.6. The van der Waals surface area contributed by atoms with Crippen molar-refractivity contribution in [2.75, 3.05) is 13.2 Å². The number of nitrogens with one attached hydrogen (secondary N) is 2. The second kappa shape index (κ2) is 19.4. The van der Waals surface area contributed by atoms with Gasteiger partial charge in [-0.1, -0.05) is 159 Å². The molecule has 64 heavy (non-hydrogen) atoms. The van der Waals surface area contributed by atoms with E-state index in [0.29, 0.717) is 35.1 Å². The molecule has 8 rings (SSSR count). The number of hydrogen-bond donors (Lipinski definition) is 4. The Hall–Kier alpha value is -6.67. The maximum absolute atomic E-state index is 17.1. The van der Waals surface area contributed by atoms with Gasteiger partial charge in [0.2, 0.25) is 0 Å². The van der Waals surface area contributed by atoms with Crippen molar-refractivity contribution in [3.05, 3.63) is 226 Å². The number of carbonyl (C=O) groups excluding carboxylic acids is 3. The third-order valence-corrected chi connectivity index (χ3v) is 13.5. The highest BCUT2D eigenvalue weighted by Crippen LogP contribution is 2.58. The highest BCUT2D eigenvalue weighted by molar-refractivity contribution is 6.22. The number of aliphatic hydroxyl groups excluding tert-OH is 2. The summed E-state index contributed by atoms with van der Waals surface area (Å²) in [6, 6.07) is 34.4. The molecular weight excluding hydrogens is 793 g/mol. The van der Waals surface area contributed by atoms with E-state index in [2.05, 4.69) is 48.8 Å². The molecule has 0 saturated carbocycles. The van der Waals surface area contributed by atoms with Gasteiger partial charge in [-0.3, -0.25) is 14.4 Å². The number of dihydropyridines is 2. The lowest BCUT2D eigenvalue weighted by molar-refractivity contribution is -0.139. The monoisotopic (exact) mass is 848 g/mol. The second-order valence-electron chi connectivity index (χ2n) is 17.0. The molecule has 4 atom stereocenters. The second-order valence-corrected chi connectivity index (χ2v) is 17.0. The summed E-state index contributed by atoms with van der Waals surface area (Å²) in [7, 11) is 0. The first-order valence-corrected chi connectivity index (χ1v) is 22.5. The van der Waals surface area contributed by atoms with E-state index in [0.717, 1.165) is 57.4 Å². The van der Waals surface area contributed by atoms with Crippen LogP contribution >= 0.6 is 0 Å². The van der Waals surface area contributed by atoms with E-state index < -0.39 is 22.7 Å². The molecule has 4 aromatic rings. The van der Waals surface area contributed by atoms with Crippen molar-refractivity contribution in [1.29, 1.82) is 0 Å². The molecule has 0 aromatic heterocycles. The molecule has 2 heterocycles. The topological polar surface area (TPSA) is 116 Å². The molecule has 0 bridgehead atoms. The molecule has 324 valence electrons. The Kier molecular flexibility index (Phi) is 13.3. The first kappa shape index (κ1) is 44.0.